The second kappa shape index (κ2) is 7.10. The summed E-state index contributed by atoms with van der Waals surface area (Å²) in [4.78, 5) is 6.62. The van der Waals surface area contributed by atoms with E-state index < -0.39 is 6.10 Å². The molecular weight excluding hydrogens is 297 g/mol. The SMILES string of the molecule is Cn1ccnc1CN1CC[C@H](Oc2ccc(F)cc2)[C@@H](O)CC1. The Labute approximate surface area is 135 Å². The molecule has 0 saturated carbocycles. The molecule has 1 aliphatic rings. The summed E-state index contributed by atoms with van der Waals surface area (Å²) in [5.41, 5.74) is 0. The highest BCUT2D eigenvalue weighted by molar-refractivity contribution is 5.22. The van der Waals surface area contributed by atoms with Crippen LogP contribution in [0.3, 0.4) is 0 Å². The van der Waals surface area contributed by atoms with Gasteiger partial charge in [0.1, 0.15) is 23.5 Å². The maximum atomic E-state index is 13.0. The Bertz CT molecular complexity index is 629. The van der Waals surface area contributed by atoms with Gasteiger partial charge in [0.2, 0.25) is 0 Å². The van der Waals surface area contributed by atoms with Crippen LogP contribution in [0.5, 0.6) is 5.75 Å². The van der Waals surface area contributed by atoms with Crippen LogP contribution in [0.1, 0.15) is 18.7 Å². The first-order valence-corrected chi connectivity index (χ1v) is 7.90. The molecule has 0 aliphatic carbocycles. The summed E-state index contributed by atoms with van der Waals surface area (Å²) in [7, 11) is 1.98. The second-order valence-corrected chi connectivity index (χ2v) is 5.99. The molecule has 3 rings (SSSR count). The predicted molar refractivity (Wildman–Crippen MR) is 84.5 cm³/mol. The van der Waals surface area contributed by atoms with Gasteiger partial charge in [-0.1, -0.05) is 0 Å². The van der Waals surface area contributed by atoms with Gasteiger partial charge in [0.15, 0.2) is 0 Å². The molecule has 2 heterocycles. The lowest BCUT2D eigenvalue weighted by molar-refractivity contribution is 0.0349. The number of aliphatic hydroxyl groups is 1. The third-order valence-electron chi connectivity index (χ3n) is 4.29. The smallest absolute Gasteiger partial charge is 0.126 e. The quantitative estimate of drug-likeness (QED) is 0.936. The predicted octanol–water partition coefficient (Wildman–Crippen LogP) is 1.96. The van der Waals surface area contributed by atoms with Crippen LogP contribution in [0.25, 0.3) is 0 Å². The molecule has 1 aliphatic heterocycles. The number of ether oxygens (including phenoxy) is 1. The van der Waals surface area contributed by atoms with Gasteiger partial charge in [-0.25, -0.2) is 9.37 Å². The highest BCUT2D eigenvalue weighted by atomic mass is 19.1. The summed E-state index contributed by atoms with van der Waals surface area (Å²) in [5, 5.41) is 10.3. The molecule has 0 unspecified atom stereocenters. The van der Waals surface area contributed by atoms with Crippen LogP contribution in [0.15, 0.2) is 36.7 Å². The lowest BCUT2D eigenvalue weighted by atomic mass is 10.1. The van der Waals surface area contributed by atoms with Crippen molar-refractivity contribution in [3.8, 4) is 5.75 Å². The number of hydrogen-bond donors (Lipinski definition) is 1. The van der Waals surface area contributed by atoms with Crippen LogP contribution in [0.2, 0.25) is 0 Å². The fourth-order valence-electron chi connectivity index (χ4n) is 2.85. The Morgan fingerprint density at radius 2 is 2.00 bits per heavy atom. The van der Waals surface area contributed by atoms with Gasteiger partial charge in [0, 0.05) is 32.5 Å². The maximum Gasteiger partial charge on any atom is 0.126 e. The summed E-state index contributed by atoms with van der Waals surface area (Å²) in [5.74, 6) is 1.31. The monoisotopic (exact) mass is 319 g/mol. The molecule has 124 valence electrons. The number of nitrogens with zero attached hydrogens (tertiary/aromatic N) is 3. The molecule has 2 atom stereocenters. The van der Waals surface area contributed by atoms with Crippen molar-refractivity contribution in [2.75, 3.05) is 13.1 Å². The molecule has 0 amide bonds. The van der Waals surface area contributed by atoms with Crippen molar-refractivity contribution in [2.45, 2.75) is 31.6 Å². The van der Waals surface area contributed by atoms with Gasteiger partial charge in [-0.3, -0.25) is 4.90 Å². The van der Waals surface area contributed by atoms with Gasteiger partial charge in [-0.05, 0) is 37.1 Å². The topological polar surface area (TPSA) is 50.5 Å². The highest BCUT2D eigenvalue weighted by Crippen LogP contribution is 2.20. The van der Waals surface area contributed by atoms with Crippen LogP contribution in [0, 0.1) is 5.82 Å². The zero-order valence-corrected chi connectivity index (χ0v) is 13.2. The van der Waals surface area contributed by atoms with Crippen LogP contribution in [-0.2, 0) is 13.6 Å². The standard InChI is InChI=1S/C17H22FN3O2/c1-20-11-8-19-17(20)12-21-9-6-15(22)16(7-10-21)23-14-4-2-13(18)3-5-14/h2-5,8,11,15-16,22H,6-7,9-10,12H2,1H3/t15-,16-/m0/s1. The van der Waals surface area contributed by atoms with Crippen molar-refractivity contribution in [3.05, 3.63) is 48.3 Å². The number of benzene rings is 1. The first-order chi connectivity index (χ1) is 11.1. The van der Waals surface area contributed by atoms with E-state index in [1.807, 2.05) is 17.8 Å². The Morgan fingerprint density at radius 1 is 1.26 bits per heavy atom. The van der Waals surface area contributed by atoms with Crippen LogP contribution < -0.4 is 4.74 Å². The molecular formula is C17H22FN3O2. The molecule has 1 saturated heterocycles. The first-order valence-electron chi connectivity index (χ1n) is 7.90. The normalized spacial score (nSPS) is 22.7. The number of hydrogen-bond acceptors (Lipinski definition) is 4. The Hall–Kier alpha value is -1.92. The fourth-order valence-corrected chi connectivity index (χ4v) is 2.85. The Balaban J connectivity index is 1.59. The molecule has 23 heavy (non-hydrogen) atoms. The molecule has 0 spiro atoms. The average molecular weight is 319 g/mol. The maximum absolute atomic E-state index is 13.0. The van der Waals surface area contributed by atoms with Gasteiger partial charge in [0.25, 0.3) is 0 Å². The van der Waals surface area contributed by atoms with E-state index in [1.165, 1.54) is 12.1 Å². The number of aryl methyl sites for hydroxylation is 1. The number of likely N-dealkylation sites (tertiary alicyclic amines) is 1. The van der Waals surface area contributed by atoms with E-state index in [0.717, 1.165) is 31.9 Å². The van der Waals surface area contributed by atoms with Crippen molar-refractivity contribution in [1.82, 2.24) is 14.5 Å². The molecule has 6 heteroatoms. The number of aromatic nitrogens is 2. The highest BCUT2D eigenvalue weighted by Gasteiger charge is 2.26. The lowest BCUT2D eigenvalue weighted by Crippen LogP contribution is -2.31. The van der Waals surface area contributed by atoms with Gasteiger partial charge in [-0.15, -0.1) is 0 Å². The molecule has 0 radical (unpaired) electrons. The summed E-state index contributed by atoms with van der Waals surface area (Å²) in [6, 6.07) is 5.93. The van der Waals surface area contributed by atoms with E-state index in [-0.39, 0.29) is 11.9 Å². The van der Waals surface area contributed by atoms with Gasteiger partial charge < -0.3 is 14.4 Å². The minimum atomic E-state index is -0.522. The van der Waals surface area contributed by atoms with E-state index >= 15 is 0 Å². The van der Waals surface area contributed by atoms with E-state index in [1.54, 1.807) is 18.3 Å². The van der Waals surface area contributed by atoms with Crippen LogP contribution >= 0.6 is 0 Å². The average Bonchev–Trinajstić information content (AvgIpc) is 2.86. The van der Waals surface area contributed by atoms with E-state index in [4.69, 9.17) is 4.74 Å². The Kier molecular flexibility index (Phi) is 4.93. The zero-order chi connectivity index (χ0) is 16.2. The van der Waals surface area contributed by atoms with Crippen LogP contribution in [0.4, 0.5) is 4.39 Å². The van der Waals surface area contributed by atoms with E-state index in [0.29, 0.717) is 12.2 Å². The summed E-state index contributed by atoms with van der Waals surface area (Å²) in [6.07, 6.45) is 4.31. The summed E-state index contributed by atoms with van der Waals surface area (Å²) >= 11 is 0. The molecule has 1 N–H and O–H groups in total. The molecule has 1 aromatic heterocycles. The van der Waals surface area contributed by atoms with Crippen molar-refractivity contribution < 1.29 is 14.2 Å². The third-order valence-corrected chi connectivity index (χ3v) is 4.29. The van der Waals surface area contributed by atoms with Crippen molar-refractivity contribution >= 4 is 0 Å². The number of imidazole rings is 1. The number of aliphatic hydroxyl groups excluding tert-OH is 1. The minimum Gasteiger partial charge on any atom is -0.488 e. The van der Waals surface area contributed by atoms with E-state index in [9.17, 15) is 9.50 Å². The molecule has 1 fully saturated rings. The molecule has 0 bridgehead atoms. The van der Waals surface area contributed by atoms with E-state index in [2.05, 4.69) is 9.88 Å². The largest absolute Gasteiger partial charge is 0.488 e. The Morgan fingerprint density at radius 3 is 2.70 bits per heavy atom. The lowest BCUT2D eigenvalue weighted by Gasteiger charge is -2.21. The molecule has 2 aromatic rings. The van der Waals surface area contributed by atoms with Gasteiger partial charge in [-0.2, -0.15) is 0 Å². The summed E-state index contributed by atoms with van der Waals surface area (Å²) < 4.78 is 20.8. The third kappa shape index (κ3) is 4.09. The van der Waals surface area contributed by atoms with Gasteiger partial charge >= 0.3 is 0 Å². The van der Waals surface area contributed by atoms with Crippen molar-refractivity contribution in [1.29, 1.82) is 0 Å². The number of halogens is 1. The minimum absolute atomic E-state index is 0.271. The second-order valence-electron chi connectivity index (χ2n) is 5.99. The first kappa shape index (κ1) is 16.0. The number of rotatable bonds is 4. The van der Waals surface area contributed by atoms with Crippen LogP contribution in [-0.4, -0.2) is 44.9 Å². The fraction of sp³-hybridized carbons (Fsp3) is 0.471. The van der Waals surface area contributed by atoms with Crippen molar-refractivity contribution in [2.24, 2.45) is 7.05 Å². The molecule has 5 nitrogen and oxygen atoms in total. The van der Waals surface area contributed by atoms with Crippen molar-refractivity contribution in [3.63, 3.8) is 0 Å². The summed E-state index contributed by atoms with van der Waals surface area (Å²) in [6.45, 7) is 2.40. The van der Waals surface area contributed by atoms with Gasteiger partial charge in [0.05, 0.1) is 12.6 Å². The molecule has 1 aromatic carbocycles. The zero-order valence-electron chi connectivity index (χ0n) is 13.2.